The van der Waals surface area contributed by atoms with Gasteiger partial charge in [0.2, 0.25) is 0 Å². The van der Waals surface area contributed by atoms with Gasteiger partial charge in [-0.15, -0.1) is 0 Å². The summed E-state index contributed by atoms with van der Waals surface area (Å²) in [4.78, 5) is 18.2. The highest BCUT2D eigenvalue weighted by Crippen LogP contribution is 2.27. The number of nitrogens with one attached hydrogen (secondary N) is 2. The lowest BCUT2D eigenvalue weighted by Gasteiger charge is -2.22. The van der Waals surface area contributed by atoms with Crippen LogP contribution in [0, 0.1) is 0 Å². The summed E-state index contributed by atoms with van der Waals surface area (Å²) in [6, 6.07) is 16.0. The molecule has 0 atom stereocenters. The molecule has 0 aliphatic carbocycles. The third kappa shape index (κ3) is 3.25. The Kier molecular flexibility index (Phi) is 4.79. The van der Waals surface area contributed by atoms with Crippen LogP contribution in [0.25, 0.3) is 0 Å². The Morgan fingerprint density at radius 1 is 1.17 bits per heavy atom. The second-order valence-electron chi connectivity index (χ2n) is 5.71. The van der Waals surface area contributed by atoms with E-state index in [4.69, 9.17) is 0 Å². The van der Waals surface area contributed by atoms with Gasteiger partial charge in [0.05, 0.1) is 0 Å². The minimum absolute atomic E-state index is 0.0704. The molecular weight excluding hydrogens is 300 g/mol. The van der Waals surface area contributed by atoms with E-state index in [1.165, 1.54) is 11.3 Å². The summed E-state index contributed by atoms with van der Waals surface area (Å²) in [7, 11) is 3.44. The number of rotatable bonds is 3. The van der Waals surface area contributed by atoms with Crippen molar-refractivity contribution in [3.63, 3.8) is 0 Å². The molecule has 1 amide bonds. The molecule has 1 heterocycles. The average Bonchev–Trinajstić information content (AvgIpc) is 3.06. The molecule has 0 radical (unpaired) electrons. The Bertz CT molecular complexity index is 752. The van der Waals surface area contributed by atoms with Crippen molar-refractivity contribution in [2.75, 3.05) is 25.5 Å². The molecule has 124 valence electrons. The van der Waals surface area contributed by atoms with Gasteiger partial charge in [-0.2, -0.15) is 0 Å². The summed E-state index contributed by atoms with van der Waals surface area (Å²) >= 11 is 0. The second kappa shape index (κ2) is 7.17. The van der Waals surface area contributed by atoms with Crippen molar-refractivity contribution in [2.45, 2.75) is 13.0 Å². The second-order valence-corrected chi connectivity index (χ2v) is 5.71. The van der Waals surface area contributed by atoms with Crippen molar-refractivity contribution in [1.29, 1.82) is 0 Å². The van der Waals surface area contributed by atoms with Crippen molar-refractivity contribution in [2.24, 2.45) is 4.99 Å². The summed E-state index contributed by atoms with van der Waals surface area (Å²) in [5.41, 5.74) is 4.35. The first-order valence-electron chi connectivity index (χ1n) is 8.10. The van der Waals surface area contributed by atoms with Crippen LogP contribution in [0.4, 0.5) is 5.69 Å². The minimum atomic E-state index is -0.0704. The first-order valence-corrected chi connectivity index (χ1v) is 8.10. The van der Waals surface area contributed by atoms with Gasteiger partial charge in [0.15, 0.2) is 5.96 Å². The Labute approximate surface area is 142 Å². The van der Waals surface area contributed by atoms with Gasteiger partial charge < -0.3 is 15.5 Å². The molecule has 0 saturated carbocycles. The fourth-order valence-corrected chi connectivity index (χ4v) is 2.95. The van der Waals surface area contributed by atoms with Crippen LogP contribution in [-0.4, -0.2) is 32.5 Å². The Morgan fingerprint density at radius 3 is 2.62 bits per heavy atom. The predicted octanol–water partition coefficient (Wildman–Crippen LogP) is 2.18. The molecule has 24 heavy (non-hydrogen) atoms. The number of carbonyl (C=O) groups excluding carboxylic acids is 1. The lowest BCUT2D eigenvalue weighted by molar-refractivity contribution is 0.0963. The van der Waals surface area contributed by atoms with E-state index < -0.39 is 0 Å². The number of guanidine groups is 1. The lowest BCUT2D eigenvalue weighted by atomic mass is 10.1. The number of aliphatic imine (C=N–C) groups is 1. The molecule has 1 aliphatic rings. The molecule has 2 aromatic carbocycles. The van der Waals surface area contributed by atoms with E-state index in [9.17, 15) is 4.79 Å². The number of para-hydroxylation sites is 1. The maximum absolute atomic E-state index is 11.6. The number of fused-ring (bicyclic) bond motifs is 1. The van der Waals surface area contributed by atoms with Gasteiger partial charge in [0.1, 0.15) is 0 Å². The molecule has 5 heteroatoms. The van der Waals surface area contributed by atoms with Gasteiger partial charge in [-0.25, -0.2) is 0 Å². The fourth-order valence-electron chi connectivity index (χ4n) is 2.95. The number of amides is 1. The summed E-state index contributed by atoms with van der Waals surface area (Å²) in [5.74, 6) is 0.800. The van der Waals surface area contributed by atoms with E-state index in [-0.39, 0.29) is 5.91 Å². The monoisotopic (exact) mass is 322 g/mol. The van der Waals surface area contributed by atoms with E-state index in [1.807, 2.05) is 24.3 Å². The first kappa shape index (κ1) is 16.1. The molecule has 0 unspecified atom stereocenters. The van der Waals surface area contributed by atoms with Crippen molar-refractivity contribution in [3.8, 4) is 0 Å². The highest BCUT2D eigenvalue weighted by Gasteiger charge is 2.22. The van der Waals surface area contributed by atoms with Crippen LogP contribution in [0.1, 0.15) is 21.5 Å². The van der Waals surface area contributed by atoms with Crippen LogP contribution in [0.3, 0.4) is 0 Å². The van der Waals surface area contributed by atoms with Gasteiger partial charge in [0, 0.05) is 38.4 Å². The molecule has 0 saturated heterocycles. The Hall–Kier alpha value is -2.82. The van der Waals surface area contributed by atoms with Gasteiger partial charge in [-0.3, -0.25) is 9.79 Å². The lowest BCUT2D eigenvalue weighted by Crippen LogP contribution is -2.40. The highest BCUT2D eigenvalue weighted by molar-refractivity contribution is 5.98. The number of hydrogen-bond acceptors (Lipinski definition) is 2. The number of hydrogen-bond donors (Lipinski definition) is 2. The number of nitrogens with zero attached hydrogens (tertiary/aromatic N) is 2. The van der Waals surface area contributed by atoms with Crippen LogP contribution in [-0.2, 0) is 13.0 Å². The molecule has 3 rings (SSSR count). The third-order valence-corrected chi connectivity index (χ3v) is 4.25. The molecule has 5 nitrogen and oxygen atoms in total. The molecule has 0 aromatic heterocycles. The van der Waals surface area contributed by atoms with E-state index in [0.29, 0.717) is 12.1 Å². The quantitative estimate of drug-likeness (QED) is 0.673. The van der Waals surface area contributed by atoms with Crippen LogP contribution in [0.5, 0.6) is 0 Å². The molecule has 0 fully saturated rings. The fraction of sp³-hybridized carbons (Fsp3) is 0.263. The van der Waals surface area contributed by atoms with Crippen LogP contribution in [0.2, 0.25) is 0 Å². The molecular formula is C19H22N4O. The molecule has 0 spiro atoms. The van der Waals surface area contributed by atoms with Crippen LogP contribution in [0.15, 0.2) is 53.5 Å². The normalized spacial score (nSPS) is 13.6. The number of anilines is 1. The van der Waals surface area contributed by atoms with Crippen LogP contribution >= 0.6 is 0 Å². The highest BCUT2D eigenvalue weighted by atomic mass is 16.1. The molecule has 1 aliphatic heterocycles. The van der Waals surface area contributed by atoms with Gasteiger partial charge in [-0.1, -0.05) is 30.3 Å². The van der Waals surface area contributed by atoms with Crippen molar-refractivity contribution in [1.82, 2.24) is 10.6 Å². The topological polar surface area (TPSA) is 56.7 Å². The Balaban J connectivity index is 1.66. The van der Waals surface area contributed by atoms with E-state index in [0.717, 1.165) is 24.5 Å². The van der Waals surface area contributed by atoms with Crippen LogP contribution < -0.4 is 15.5 Å². The summed E-state index contributed by atoms with van der Waals surface area (Å²) in [6.45, 7) is 1.61. The zero-order valence-electron chi connectivity index (χ0n) is 14.0. The molecule has 0 bridgehead atoms. The first-order chi connectivity index (χ1) is 11.7. The largest absolute Gasteiger partial charge is 0.355 e. The van der Waals surface area contributed by atoms with Crippen molar-refractivity contribution in [3.05, 3.63) is 65.2 Å². The Morgan fingerprint density at radius 2 is 1.92 bits per heavy atom. The van der Waals surface area contributed by atoms with Crippen molar-refractivity contribution < 1.29 is 4.79 Å². The maximum atomic E-state index is 11.6. The van der Waals surface area contributed by atoms with E-state index in [2.05, 4.69) is 44.8 Å². The van der Waals surface area contributed by atoms with Gasteiger partial charge >= 0.3 is 0 Å². The molecule has 2 aromatic rings. The number of carbonyl (C=O) groups is 1. The maximum Gasteiger partial charge on any atom is 0.251 e. The SMILES string of the molecule is CN=C(NCc1ccc(C(=O)NC)cc1)N1CCc2ccccc21. The minimum Gasteiger partial charge on any atom is -0.355 e. The van der Waals surface area contributed by atoms with E-state index in [1.54, 1.807) is 14.1 Å². The smallest absolute Gasteiger partial charge is 0.251 e. The molecule has 2 N–H and O–H groups in total. The van der Waals surface area contributed by atoms with Gasteiger partial charge in [0.25, 0.3) is 5.91 Å². The zero-order valence-corrected chi connectivity index (χ0v) is 14.0. The predicted molar refractivity (Wildman–Crippen MR) is 97.5 cm³/mol. The number of benzene rings is 2. The summed E-state index contributed by atoms with van der Waals surface area (Å²) < 4.78 is 0. The summed E-state index contributed by atoms with van der Waals surface area (Å²) in [5, 5.41) is 6.03. The zero-order chi connectivity index (χ0) is 16.9. The van der Waals surface area contributed by atoms with Crippen molar-refractivity contribution >= 4 is 17.6 Å². The summed E-state index contributed by atoms with van der Waals surface area (Å²) in [6.07, 6.45) is 1.04. The average molecular weight is 322 g/mol. The standard InChI is InChI=1S/C19H22N4O/c1-20-18(24)16-9-7-14(8-10-16)13-22-19(21-2)23-12-11-15-5-3-4-6-17(15)23/h3-10H,11-13H2,1-2H3,(H,20,24)(H,21,22). The van der Waals surface area contributed by atoms with E-state index >= 15 is 0 Å². The van der Waals surface area contributed by atoms with Gasteiger partial charge in [-0.05, 0) is 35.7 Å². The third-order valence-electron chi connectivity index (χ3n) is 4.25.